The van der Waals surface area contributed by atoms with Crippen molar-refractivity contribution in [3.8, 4) is 0 Å². The van der Waals surface area contributed by atoms with Gasteiger partial charge in [-0.25, -0.2) is 18.4 Å². The van der Waals surface area contributed by atoms with E-state index >= 15 is 0 Å². The Morgan fingerprint density at radius 1 is 1.33 bits per heavy atom. The van der Waals surface area contributed by atoms with Crippen LogP contribution in [-0.2, 0) is 17.1 Å². The minimum Gasteiger partial charge on any atom is -0.339 e. The van der Waals surface area contributed by atoms with Crippen LogP contribution in [0.5, 0.6) is 0 Å². The molecule has 4 rings (SSSR count). The van der Waals surface area contributed by atoms with Crippen molar-refractivity contribution in [1.82, 2.24) is 29.0 Å². The SMILES string of the molecule is Cn1cnc(S(=O)(=O)N2CCC[C@@H](c3ccc4cn[nH]c4n3)C2)c1. The number of nitrogens with zero attached hydrogens (tertiary/aromatic N) is 5. The second-order valence-corrected chi connectivity index (χ2v) is 8.01. The molecule has 3 aromatic rings. The number of nitrogens with one attached hydrogen (secondary N) is 1. The molecule has 0 aliphatic carbocycles. The van der Waals surface area contributed by atoms with Gasteiger partial charge in [0.15, 0.2) is 10.7 Å². The number of piperidine rings is 1. The quantitative estimate of drug-likeness (QED) is 0.770. The van der Waals surface area contributed by atoms with Crippen LogP contribution in [0.1, 0.15) is 24.5 Å². The van der Waals surface area contributed by atoms with E-state index in [0.29, 0.717) is 13.1 Å². The van der Waals surface area contributed by atoms with Gasteiger partial charge < -0.3 is 4.57 Å². The molecule has 0 spiro atoms. The standard InChI is InChI=1S/C15H18N6O2S/c1-20-9-14(16-10-20)24(22,23)21-6-2-3-12(8-21)13-5-4-11-7-17-19-15(11)18-13/h4-5,7,9-10,12H,2-3,6,8H2,1H3,(H,17,18,19)/t12-/m1/s1. The number of fused-ring (bicyclic) bond motifs is 1. The van der Waals surface area contributed by atoms with Gasteiger partial charge in [0, 0.05) is 43.3 Å². The van der Waals surface area contributed by atoms with Crippen molar-refractivity contribution in [2.24, 2.45) is 7.05 Å². The van der Waals surface area contributed by atoms with Crippen LogP contribution in [0.4, 0.5) is 0 Å². The van der Waals surface area contributed by atoms with Crippen molar-refractivity contribution in [3.63, 3.8) is 0 Å². The van der Waals surface area contributed by atoms with Crippen LogP contribution in [-0.4, -0.2) is 50.5 Å². The first kappa shape index (κ1) is 15.3. The maximum atomic E-state index is 12.8. The highest BCUT2D eigenvalue weighted by molar-refractivity contribution is 7.89. The highest BCUT2D eigenvalue weighted by Crippen LogP contribution is 2.29. The summed E-state index contributed by atoms with van der Waals surface area (Å²) in [6.07, 6.45) is 6.49. The van der Waals surface area contributed by atoms with E-state index in [-0.39, 0.29) is 10.9 Å². The number of H-pyrrole nitrogens is 1. The predicted molar refractivity (Wildman–Crippen MR) is 87.8 cm³/mol. The van der Waals surface area contributed by atoms with E-state index in [1.165, 1.54) is 16.8 Å². The molecular formula is C15H18N6O2S. The average molecular weight is 346 g/mol. The molecule has 1 aliphatic rings. The normalized spacial score (nSPS) is 19.8. The van der Waals surface area contributed by atoms with Crippen LogP contribution < -0.4 is 0 Å². The van der Waals surface area contributed by atoms with Crippen LogP contribution in [0.15, 0.2) is 35.9 Å². The summed E-state index contributed by atoms with van der Waals surface area (Å²) in [5, 5.41) is 7.89. The molecular weight excluding hydrogens is 328 g/mol. The van der Waals surface area contributed by atoms with E-state index in [1.54, 1.807) is 17.8 Å². The van der Waals surface area contributed by atoms with Gasteiger partial charge in [-0.1, -0.05) is 0 Å². The fourth-order valence-corrected chi connectivity index (χ4v) is 4.62. The highest BCUT2D eigenvalue weighted by atomic mass is 32.2. The highest BCUT2D eigenvalue weighted by Gasteiger charge is 2.32. The third-order valence-corrected chi connectivity index (χ3v) is 6.16. The predicted octanol–water partition coefficient (Wildman–Crippen LogP) is 1.26. The lowest BCUT2D eigenvalue weighted by Gasteiger charge is -2.31. The number of rotatable bonds is 3. The summed E-state index contributed by atoms with van der Waals surface area (Å²) < 4.78 is 28.7. The molecule has 1 saturated heterocycles. The van der Waals surface area contributed by atoms with Crippen molar-refractivity contribution in [1.29, 1.82) is 0 Å². The smallest absolute Gasteiger partial charge is 0.262 e. The maximum Gasteiger partial charge on any atom is 0.262 e. The van der Waals surface area contributed by atoms with E-state index in [0.717, 1.165) is 29.6 Å². The molecule has 0 radical (unpaired) electrons. The van der Waals surface area contributed by atoms with Gasteiger partial charge in [0.1, 0.15) is 0 Å². The molecule has 24 heavy (non-hydrogen) atoms. The molecule has 1 N–H and O–H groups in total. The molecule has 3 aromatic heterocycles. The third kappa shape index (κ3) is 2.59. The molecule has 8 nitrogen and oxygen atoms in total. The van der Waals surface area contributed by atoms with Gasteiger partial charge in [0.2, 0.25) is 0 Å². The van der Waals surface area contributed by atoms with Gasteiger partial charge in [0.25, 0.3) is 10.0 Å². The van der Waals surface area contributed by atoms with Crippen molar-refractivity contribution in [2.45, 2.75) is 23.8 Å². The monoisotopic (exact) mass is 346 g/mol. The fourth-order valence-electron chi connectivity index (χ4n) is 3.13. The third-order valence-electron chi connectivity index (χ3n) is 4.41. The molecule has 0 saturated carbocycles. The molecule has 0 bridgehead atoms. The zero-order valence-corrected chi connectivity index (χ0v) is 14.1. The summed E-state index contributed by atoms with van der Waals surface area (Å²) in [6, 6.07) is 3.92. The lowest BCUT2D eigenvalue weighted by Crippen LogP contribution is -2.39. The number of aryl methyl sites for hydroxylation is 1. The minimum atomic E-state index is -3.56. The van der Waals surface area contributed by atoms with Crippen molar-refractivity contribution < 1.29 is 8.42 Å². The minimum absolute atomic E-state index is 0.0740. The van der Waals surface area contributed by atoms with Gasteiger partial charge >= 0.3 is 0 Å². The number of hydrogen-bond donors (Lipinski definition) is 1. The lowest BCUT2D eigenvalue weighted by atomic mass is 9.95. The number of sulfonamides is 1. The average Bonchev–Trinajstić information content (AvgIpc) is 3.23. The Labute approximate surface area is 139 Å². The number of aromatic amines is 1. The maximum absolute atomic E-state index is 12.8. The van der Waals surface area contributed by atoms with E-state index in [2.05, 4.69) is 20.2 Å². The number of hydrogen-bond acceptors (Lipinski definition) is 5. The first-order valence-corrected chi connectivity index (χ1v) is 9.26. The van der Waals surface area contributed by atoms with Crippen molar-refractivity contribution in [3.05, 3.63) is 36.5 Å². The topological polar surface area (TPSA) is 96.8 Å². The molecule has 0 unspecified atom stereocenters. The number of imidazole rings is 1. The summed E-state index contributed by atoms with van der Waals surface area (Å²) >= 11 is 0. The van der Waals surface area contributed by atoms with Gasteiger partial charge in [0.05, 0.1) is 12.5 Å². The number of aromatic nitrogens is 5. The molecule has 0 aromatic carbocycles. The molecule has 4 heterocycles. The molecule has 126 valence electrons. The van der Waals surface area contributed by atoms with Gasteiger partial charge in [-0.3, -0.25) is 5.10 Å². The van der Waals surface area contributed by atoms with E-state index in [1.807, 2.05) is 12.1 Å². The van der Waals surface area contributed by atoms with Gasteiger partial charge in [-0.2, -0.15) is 9.40 Å². The zero-order chi connectivity index (χ0) is 16.7. The van der Waals surface area contributed by atoms with Crippen LogP contribution >= 0.6 is 0 Å². The summed E-state index contributed by atoms with van der Waals surface area (Å²) in [6.45, 7) is 0.938. The Kier molecular flexibility index (Phi) is 3.61. The van der Waals surface area contributed by atoms with Crippen LogP contribution in [0, 0.1) is 0 Å². The molecule has 0 amide bonds. The van der Waals surface area contributed by atoms with E-state index in [4.69, 9.17) is 0 Å². The van der Waals surface area contributed by atoms with Crippen LogP contribution in [0.3, 0.4) is 0 Å². The van der Waals surface area contributed by atoms with Crippen molar-refractivity contribution >= 4 is 21.1 Å². The van der Waals surface area contributed by atoms with Crippen LogP contribution in [0.25, 0.3) is 11.0 Å². The largest absolute Gasteiger partial charge is 0.339 e. The van der Waals surface area contributed by atoms with E-state index in [9.17, 15) is 8.42 Å². The Morgan fingerprint density at radius 2 is 2.21 bits per heavy atom. The lowest BCUT2D eigenvalue weighted by molar-refractivity contribution is 0.312. The Bertz CT molecular complexity index is 977. The molecule has 1 aliphatic heterocycles. The summed E-state index contributed by atoms with van der Waals surface area (Å²) in [7, 11) is -1.80. The Hall–Kier alpha value is -2.26. The van der Waals surface area contributed by atoms with E-state index < -0.39 is 10.0 Å². The summed E-state index contributed by atoms with van der Waals surface area (Å²) in [5.41, 5.74) is 1.63. The first-order valence-electron chi connectivity index (χ1n) is 7.82. The fraction of sp³-hybridized carbons (Fsp3) is 0.400. The molecule has 1 atom stereocenters. The molecule has 1 fully saturated rings. The number of pyridine rings is 1. The first-order chi connectivity index (χ1) is 11.5. The Morgan fingerprint density at radius 3 is 3.00 bits per heavy atom. The van der Waals surface area contributed by atoms with Crippen LogP contribution in [0.2, 0.25) is 0 Å². The second-order valence-electron chi connectivity index (χ2n) is 6.12. The Balaban J connectivity index is 1.61. The summed E-state index contributed by atoms with van der Waals surface area (Å²) in [5.74, 6) is 0.0740. The zero-order valence-electron chi connectivity index (χ0n) is 13.3. The summed E-state index contributed by atoms with van der Waals surface area (Å²) in [4.78, 5) is 8.59. The van der Waals surface area contributed by atoms with Crippen molar-refractivity contribution in [2.75, 3.05) is 13.1 Å². The van der Waals surface area contributed by atoms with Gasteiger partial charge in [-0.05, 0) is 25.0 Å². The van der Waals surface area contributed by atoms with Gasteiger partial charge in [-0.15, -0.1) is 0 Å². The second kappa shape index (κ2) is 5.67. The molecule has 9 heteroatoms.